The second kappa shape index (κ2) is 5.29. The number of para-hydroxylation sites is 1. The maximum atomic E-state index is 6.02. The van der Waals surface area contributed by atoms with Crippen molar-refractivity contribution in [1.82, 2.24) is 0 Å². The largest absolute Gasteiger partial charge is 0.379 e. The molecule has 4 heteroatoms. The molecular formula is C10H13ClN2S. The lowest BCUT2D eigenvalue weighted by Gasteiger charge is -2.10. The monoisotopic (exact) mass is 228 g/mol. The molecule has 3 N–H and O–H groups in total. The number of nitrogens with two attached hydrogens (primary N) is 1. The van der Waals surface area contributed by atoms with E-state index in [1.54, 1.807) is 0 Å². The zero-order valence-electron chi connectivity index (χ0n) is 8.01. The summed E-state index contributed by atoms with van der Waals surface area (Å²) in [6.07, 6.45) is 0. The van der Waals surface area contributed by atoms with Crippen LogP contribution in [0.15, 0.2) is 18.2 Å². The van der Waals surface area contributed by atoms with Crippen LogP contribution in [0.2, 0.25) is 5.02 Å². The summed E-state index contributed by atoms with van der Waals surface area (Å²) in [5.41, 5.74) is 7.44. The van der Waals surface area contributed by atoms with Gasteiger partial charge in [0.05, 0.1) is 10.7 Å². The summed E-state index contributed by atoms with van der Waals surface area (Å²) in [6, 6.07) is 5.77. The van der Waals surface area contributed by atoms with Crippen LogP contribution in [0.3, 0.4) is 0 Å². The Bertz CT molecular complexity index is 319. The third-order valence-electron chi connectivity index (χ3n) is 1.91. The van der Waals surface area contributed by atoms with Crippen molar-refractivity contribution in [3.8, 4) is 0 Å². The van der Waals surface area contributed by atoms with E-state index in [1.807, 2.05) is 25.1 Å². The van der Waals surface area contributed by atoms with Gasteiger partial charge in [-0.25, -0.2) is 0 Å². The Morgan fingerprint density at radius 1 is 1.57 bits per heavy atom. The quantitative estimate of drug-likeness (QED) is 0.778. The van der Waals surface area contributed by atoms with E-state index in [9.17, 15) is 0 Å². The van der Waals surface area contributed by atoms with E-state index >= 15 is 0 Å². The zero-order valence-corrected chi connectivity index (χ0v) is 9.58. The van der Waals surface area contributed by atoms with E-state index < -0.39 is 0 Å². The number of halogens is 1. The minimum Gasteiger partial charge on any atom is -0.379 e. The van der Waals surface area contributed by atoms with Crippen molar-refractivity contribution in [2.24, 2.45) is 5.73 Å². The molecule has 0 aliphatic carbocycles. The molecular weight excluding hydrogens is 216 g/mol. The van der Waals surface area contributed by atoms with Gasteiger partial charge in [0.1, 0.15) is 0 Å². The SMILES string of the molecule is Cc1cccc(Cl)c1NCC(=S)CN. The molecule has 0 fully saturated rings. The minimum atomic E-state index is 0.422. The van der Waals surface area contributed by atoms with Gasteiger partial charge >= 0.3 is 0 Å². The lowest BCUT2D eigenvalue weighted by Crippen LogP contribution is -2.20. The predicted molar refractivity (Wildman–Crippen MR) is 66.3 cm³/mol. The number of nitrogens with one attached hydrogen (secondary N) is 1. The molecule has 0 atom stereocenters. The van der Waals surface area contributed by atoms with Gasteiger partial charge in [-0.1, -0.05) is 36.0 Å². The minimum absolute atomic E-state index is 0.422. The standard InChI is InChI=1S/C10H13ClN2S/c1-7-3-2-4-9(11)10(7)13-6-8(14)5-12/h2-4,13H,5-6,12H2,1H3. The number of aryl methyl sites for hydroxylation is 1. The number of hydrogen-bond donors (Lipinski definition) is 2. The molecule has 1 aromatic carbocycles. The van der Waals surface area contributed by atoms with Gasteiger partial charge in [0.25, 0.3) is 0 Å². The molecule has 0 unspecified atom stereocenters. The number of benzene rings is 1. The fourth-order valence-corrected chi connectivity index (χ4v) is 1.48. The Morgan fingerprint density at radius 3 is 2.86 bits per heavy atom. The lowest BCUT2D eigenvalue weighted by atomic mass is 10.2. The van der Waals surface area contributed by atoms with Crippen LogP contribution in [-0.2, 0) is 0 Å². The summed E-state index contributed by atoms with van der Waals surface area (Å²) in [6.45, 7) is 3.02. The highest BCUT2D eigenvalue weighted by molar-refractivity contribution is 7.80. The van der Waals surface area contributed by atoms with Crippen molar-refractivity contribution in [3.05, 3.63) is 28.8 Å². The van der Waals surface area contributed by atoms with E-state index in [0.717, 1.165) is 16.1 Å². The van der Waals surface area contributed by atoms with Crippen molar-refractivity contribution in [3.63, 3.8) is 0 Å². The smallest absolute Gasteiger partial charge is 0.0640 e. The maximum Gasteiger partial charge on any atom is 0.0640 e. The second-order valence-electron chi connectivity index (χ2n) is 3.03. The van der Waals surface area contributed by atoms with Gasteiger partial charge in [0.15, 0.2) is 0 Å². The fraction of sp³-hybridized carbons (Fsp3) is 0.300. The van der Waals surface area contributed by atoms with E-state index in [-0.39, 0.29) is 0 Å². The van der Waals surface area contributed by atoms with Crippen molar-refractivity contribution < 1.29 is 0 Å². The maximum absolute atomic E-state index is 6.02. The molecule has 0 aromatic heterocycles. The van der Waals surface area contributed by atoms with Gasteiger partial charge in [-0.15, -0.1) is 0 Å². The molecule has 0 saturated carbocycles. The second-order valence-corrected chi connectivity index (χ2v) is 4.01. The first kappa shape index (κ1) is 11.4. The third kappa shape index (κ3) is 2.94. The molecule has 0 radical (unpaired) electrons. The van der Waals surface area contributed by atoms with Crippen molar-refractivity contribution in [2.75, 3.05) is 18.4 Å². The molecule has 1 aromatic rings. The van der Waals surface area contributed by atoms with Crippen LogP contribution in [0.1, 0.15) is 5.56 Å². The number of rotatable bonds is 4. The molecule has 14 heavy (non-hydrogen) atoms. The van der Waals surface area contributed by atoms with E-state index in [2.05, 4.69) is 5.32 Å². The molecule has 0 heterocycles. The Balaban J connectivity index is 2.71. The normalized spacial score (nSPS) is 9.93. The van der Waals surface area contributed by atoms with Gasteiger partial charge in [-0.3, -0.25) is 0 Å². The van der Waals surface area contributed by atoms with Crippen LogP contribution in [-0.4, -0.2) is 18.0 Å². The van der Waals surface area contributed by atoms with Gasteiger partial charge in [-0.05, 0) is 18.6 Å². The molecule has 0 spiro atoms. The van der Waals surface area contributed by atoms with Crippen LogP contribution >= 0.6 is 23.8 Å². The lowest BCUT2D eigenvalue weighted by molar-refractivity contribution is 1.26. The predicted octanol–water partition coefficient (Wildman–Crippen LogP) is 2.39. The molecule has 0 bridgehead atoms. The van der Waals surface area contributed by atoms with Gasteiger partial charge in [0, 0.05) is 18.0 Å². The topological polar surface area (TPSA) is 38.0 Å². The third-order valence-corrected chi connectivity index (χ3v) is 2.54. The first-order valence-electron chi connectivity index (χ1n) is 4.36. The highest BCUT2D eigenvalue weighted by Gasteiger charge is 2.02. The van der Waals surface area contributed by atoms with E-state index in [4.69, 9.17) is 29.6 Å². The number of hydrogen-bond acceptors (Lipinski definition) is 3. The summed E-state index contributed by atoms with van der Waals surface area (Å²) in [4.78, 5) is 0.796. The van der Waals surface area contributed by atoms with Crippen LogP contribution in [0.4, 0.5) is 5.69 Å². The Labute approximate surface area is 94.4 Å². The molecule has 76 valence electrons. The summed E-state index contributed by atoms with van der Waals surface area (Å²) in [7, 11) is 0. The number of thiocarbonyl (C=S) groups is 1. The van der Waals surface area contributed by atoms with Gasteiger partial charge < -0.3 is 11.1 Å². The van der Waals surface area contributed by atoms with Crippen molar-refractivity contribution in [1.29, 1.82) is 0 Å². The summed E-state index contributed by atoms with van der Waals surface area (Å²) < 4.78 is 0. The first-order chi connectivity index (χ1) is 6.65. The summed E-state index contributed by atoms with van der Waals surface area (Å²) >= 11 is 11.0. The summed E-state index contributed by atoms with van der Waals surface area (Å²) in [5, 5.41) is 3.89. The molecule has 0 amide bonds. The fourth-order valence-electron chi connectivity index (χ4n) is 1.11. The van der Waals surface area contributed by atoms with Crippen molar-refractivity contribution >= 4 is 34.4 Å². The van der Waals surface area contributed by atoms with E-state index in [0.29, 0.717) is 18.1 Å². The van der Waals surface area contributed by atoms with Crippen LogP contribution in [0.25, 0.3) is 0 Å². The first-order valence-corrected chi connectivity index (χ1v) is 5.14. The van der Waals surface area contributed by atoms with Crippen molar-refractivity contribution in [2.45, 2.75) is 6.92 Å². The average Bonchev–Trinajstić information content (AvgIpc) is 2.16. The highest BCUT2D eigenvalue weighted by atomic mass is 35.5. The number of anilines is 1. The highest BCUT2D eigenvalue weighted by Crippen LogP contribution is 2.24. The molecule has 0 aliphatic rings. The molecule has 1 rings (SSSR count). The van der Waals surface area contributed by atoms with Gasteiger partial charge in [0.2, 0.25) is 0 Å². The Hall–Kier alpha value is -0.640. The summed E-state index contributed by atoms with van der Waals surface area (Å²) in [5.74, 6) is 0. The van der Waals surface area contributed by atoms with Gasteiger partial charge in [-0.2, -0.15) is 0 Å². The van der Waals surface area contributed by atoms with Crippen LogP contribution < -0.4 is 11.1 Å². The zero-order chi connectivity index (χ0) is 10.6. The Morgan fingerprint density at radius 2 is 2.29 bits per heavy atom. The van der Waals surface area contributed by atoms with E-state index in [1.165, 1.54) is 0 Å². The molecule has 0 saturated heterocycles. The molecule has 2 nitrogen and oxygen atoms in total. The van der Waals surface area contributed by atoms with Crippen LogP contribution in [0, 0.1) is 6.92 Å². The van der Waals surface area contributed by atoms with Crippen LogP contribution in [0.5, 0.6) is 0 Å². The molecule has 0 aliphatic heterocycles. The average molecular weight is 229 g/mol. The Kier molecular flexibility index (Phi) is 4.32.